The van der Waals surface area contributed by atoms with Gasteiger partial charge in [-0.2, -0.15) is 5.10 Å². The summed E-state index contributed by atoms with van der Waals surface area (Å²) in [6.07, 6.45) is 2.28. The fourth-order valence-electron chi connectivity index (χ4n) is 2.41. The quantitative estimate of drug-likeness (QED) is 0.918. The standard InChI is InChI=1S/C15H17N3O4S/c1-2-23(20,21)13-7-4-3-6-12(13)17-14(19)11-10-16-18-8-5-9-22-15(11)18/h3-4,6-7,10H,2,5,8-9H2,1H3,(H,17,19). The summed E-state index contributed by atoms with van der Waals surface area (Å²) >= 11 is 0. The number of nitrogens with zero attached hydrogens (tertiary/aromatic N) is 2. The molecule has 122 valence electrons. The van der Waals surface area contributed by atoms with Crippen molar-refractivity contribution in [3.63, 3.8) is 0 Å². The van der Waals surface area contributed by atoms with Gasteiger partial charge in [0.15, 0.2) is 9.84 Å². The summed E-state index contributed by atoms with van der Waals surface area (Å²) in [5, 5.41) is 6.77. The fourth-order valence-corrected chi connectivity index (χ4v) is 3.46. The number of para-hydroxylation sites is 1. The van der Waals surface area contributed by atoms with Crippen LogP contribution in [-0.4, -0.2) is 36.5 Å². The zero-order valence-electron chi connectivity index (χ0n) is 12.7. The number of sulfone groups is 1. The number of hydrogen-bond donors (Lipinski definition) is 1. The number of carbonyl (C=O) groups is 1. The maximum atomic E-state index is 12.5. The van der Waals surface area contributed by atoms with Crippen LogP contribution in [-0.2, 0) is 16.4 Å². The molecule has 0 radical (unpaired) electrons. The molecule has 0 fully saturated rings. The van der Waals surface area contributed by atoms with E-state index in [2.05, 4.69) is 10.4 Å². The van der Waals surface area contributed by atoms with Crippen LogP contribution in [0, 0.1) is 0 Å². The summed E-state index contributed by atoms with van der Waals surface area (Å²) < 4.78 is 31.4. The van der Waals surface area contributed by atoms with Crippen molar-refractivity contribution in [1.29, 1.82) is 0 Å². The van der Waals surface area contributed by atoms with Gasteiger partial charge in [-0.15, -0.1) is 0 Å². The Balaban J connectivity index is 1.91. The fraction of sp³-hybridized carbons (Fsp3) is 0.333. The minimum absolute atomic E-state index is 0.0355. The highest BCUT2D eigenvalue weighted by Crippen LogP contribution is 2.26. The topological polar surface area (TPSA) is 90.3 Å². The molecule has 3 rings (SSSR count). The molecule has 0 spiro atoms. The highest BCUT2D eigenvalue weighted by atomic mass is 32.2. The second kappa shape index (κ2) is 6.04. The molecule has 8 heteroatoms. The van der Waals surface area contributed by atoms with Crippen LogP contribution in [0.25, 0.3) is 0 Å². The SMILES string of the molecule is CCS(=O)(=O)c1ccccc1NC(=O)c1cnn2c1OCCC2. The number of aromatic nitrogens is 2. The lowest BCUT2D eigenvalue weighted by Crippen LogP contribution is -2.19. The van der Waals surface area contributed by atoms with E-state index in [0.717, 1.165) is 6.42 Å². The molecular weight excluding hydrogens is 318 g/mol. The van der Waals surface area contributed by atoms with Crippen LogP contribution in [0.3, 0.4) is 0 Å². The first-order valence-electron chi connectivity index (χ1n) is 7.34. The van der Waals surface area contributed by atoms with E-state index in [4.69, 9.17) is 4.74 Å². The monoisotopic (exact) mass is 335 g/mol. The maximum Gasteiger partial charge on any atom is 0.262 e. The Labute approximate surface area is 134 Å². The van der Waals surface area contributed by atoms with E-state index in [1.165, 1.54) is 12.3 Å². The van der Waals surface area contributed by atoms with Gasteiger partial charge in [0.2, 0.25) is 5.88 Å². The van der Waals surface area contributed by atoms with Gasteiger partial charge in [0, 0.05) is 13.0 Å². The van der Waals surface area contributed by atoms with Gasteiger partial charge in [0.25, 0.3) is 5.91 Å². The molecule has 1 amide bonds. The number of benzene rings is 1. The van der Waals surface area contributed by atoms with Gasteiger partial charge in [-0.1, -0.05) is 19.1 Å². The lowest BCUT2D eigenvalue weighted by Gasteiger charge is -2.16. The Morgan fingerprint density at radius 2 is 2.17 bits per heavy atom. The van der Waals surface area contributed by atoms with E-state index in [9.17, 15) is 13.2 Å². The molecule has 0 atom stereocenters. The van der Waals surface area contributed by atoms with Gasteiger partial charge in [0.05, 0.1) is 29.1 Å². The summed E-state index contributed by atoms with van der Waals surface area (Å²) in [5.41, 5.74) is 0.559. The van der Waals surface area contributed by atoms with Gasteiger partial charge in [-0.3, -0.25) is 4.79 Å². The molecule has 1 N–H and O–H groups in total. The van der Waals surface area contributed by atoms with E-state index < -0.39 is 15.7 Å². The Hall–Kier alpha value is -2.35. The Bertz CT molecular complexity index is 842. The average Bonchev–Trinajstić information content (AvgIpc) is 2.99. The van der Waals surface area contributed by atoms with Gasteiger partial charge >= 0.3 is 0 Å². The van der Waals surface area contributed by atoms with E-state index in [1.807, 2.05) is 0 Å². The number of fused-ring (bicyclic) bond motifs is 1. The van der Waals surface area contributed by atoms with E-state index in [0.29, 0.717) is 24.6 Å². The van der Waals surface area contributed by atoms with Crippen molar-refractivity contribution in [2.45, 2.75) is 24.8 Å². The Morgan fingerprint density at radius 1 is 1.39 bits per heavy atom. The van der Waals surface area contributed by atoms with Gasteiger partial charge in [-0.05, 0) is 12.1 Å². The molecule has 7 nitrogen and oxygen atoms in total. The predicted octanol–water partition coefficient (Wildman–Crippen LogP) is 1.71. The van der Waals surface area contributed by atoms with Crippen molar-refractivity contribution in [2.75, 3.05) is 17.7 Å². The van der Waals surface area contributed by atoms with Crippen LogP contribution in [0.5, 0.6) is 5.88 Å². The minimum atomic E-state index is -3.43. The Kier molecular flexibility index (Phi) is 4.08. The second-order valence-corrected chi connectivity index (χ2v) is 7.39. The zero-order chi connectivity index (χ0) is 16.4. The van der Waals surface area contributed by atoms with E-state index in [-0.39, 0.29) is 16.3 Å². The number of ether oxygens (including phenoxy) is 1. The molecule has 2 aromatic rings. The molecule has 1 aromatic heterocycles. The highest BCUT2D eigenvalue weighted by molar-refractivity contribution is 7.91. The first kappa shape index (κ1) is 15.5. The Morgan fingerprint density at radius 3 is 2.96 bits per heavy atom. The second-order valence-electron chi connectivity index (χ2n) is 5.14. The van der Waals surface area contributed by atoms with Gasteiger partial charge in [-0.25, -0.2) is 13.1 Å². The van der Waals surface area contributed by atoms with Crippen molar-refractivity contribution in [3.8, 4) is 5.88 Å². The molecule has 0 aliphatic carbocycles. The summed E-state index contributed by atoms with van der Waals surface area (Å²) in [4.78, 5) is 12.6. The van der Waals surface area contributed by atoms with Gasteiger partial charge < -0.3 is 10.1 Å². The zero-order valence-corrected chi connectivity index (χ0v) is 13.5. The van der Waals surface area contributed by atoms with Crippen LogP contribution in [0.4, 0.5) is 5.69 Å². The summed E-state index contributed by atoms with van der Waals surface area (Å²) in [6, 6.07) is 6.35. The molecule has 23 heavy (non-hydrogen) atoms. The third-order valence-electron chi connectivity index (χ3n) is 3.64. The number of rotatable bonds is 4. The molecule has 1 aliphatic heterocycles. The van der Waals surface area contributed by atoms with Crippen LogP contribution < -0.4 is 10.1 Å². The number of nitrogens with one attached hydrogen (secondary N) is 1. The van der Waals surface area contributed by atoms with Crippen molar-refractivity contribution in [1.82, 2.24) is 9.78 Å². The van der Waals surface area contributed by atoms with Gasteiger partial charge in [0.1, 0.15) is 5.56 Å². The van der Waals surface area contributed by atoms with Crippen molar-refractivity contribution < 1.29 is 17.9 Å². The molecule has 2 heterocycles. The molecule has 0 bridgehead atoms. The van der Waals surface area contributed by atoms with Crippen molar-refractivity contribution in [3.05, 3.63) is 36.0 Å². The number of hydrogen-bond acceptors (Lipinski definition) is 5. The van der Waals surface area contributed by atoms with Crippen LogP contribution in [0.2, 0.25) is 0 Å². The van der Waals surface area contributed by atoms with E-state index >= 15 is 0 Å². The van der Waals surface area contributed by atoms with Crippen LogP contribution in [0.15, 0.2) is 35.4 Å². The third-order valence-corrected chi connectivity index (χ3v) is 5.43. The molecular formula is C15H17N3O4S. The minimum Gasteiger partial charge on any atom is -0.477 e. The molecule has 1 aliphatic rings. The van der Waals surface area contributed by atoms with Crippen LogP contribution in [0.1, 0.15) is 23.7 Å². The maximum absolute atomic E-state index is 12.5. The number of amides is 1. The largest absolute Gasteiger partial charge is 0.477 e. The number of carbonyl (C=O) groups excluding carboxylic acids is 1. The lowest BCUT2D eigenvalue weighted by molar-refractivity contribution is 0.102. The smallest absolute Gasteiger partial charge is 0.262 e. The molecule has 1 aromatic carbocycles. The third kappa shape index (κ3) is 2.94. The first-order chi connectivity index (χ1) is 11.0. The number of anilines is 1. The highest BCUT2D eigenvalue weighted by Gasteiger charge is 2.23. The number of aryl methyl sites for hydroxylation is 1. The normalized spacial score (nSPS) is 14.0. The summed E-state index contributed by atoms with van der Waals surface area (Å²) in [6.45, 7) is 2.80. The molecule has 0 saturated heterocycles. The first-order valence-corrected chi connectivity index (χ1v) is 9.00. The lowest BCUT2D eigenvalue weighted by atomic mass is 10.2. The van der Waals surface area contributed by atoms with Crippen LogP contribution >= 0.6 is 0 Å². The summed E-state index contributed by atoms with van der Waals surface area (Å²) in [7, 11) is -3.43. The summed E-state index contributed by atoms with van der Waals surface area (Å²) in [5.74, 6) is -0.0527. The predicted molar refractivity (Wildman–Crippen MR) is 84.5 cm³/mol. The van der Waals surface area contributed by atoms with Crippen molar-refractivity contribution in [2.24, 2.45) is 0 Å². The molecule has 0 saturated carbocycles. The van der Waals surface area contributed by atoms with E-state index in [1.54, 1.807) is 29.8 Å². The average molecular weight is 335 g/mol. The molecule has 0 unspecified atom stereocenters. The van der Waals surface area contributed by atoms with Crippen molar-refractivity contribution >= 4 is 21.4 Å².